The van der Waals surface area contributed by atoms with E-state index < -0.39 is 11.2 Å². The molecule has 5 N–H and O–H groups in total. The number of piperidine rings is 2. The van der Waals surface area contributed by atoms with Crippen molar-refractivity contribution < 1.29 is 19.9 Å². The second-order valence-electron chi connectivity index (χ2n) is 16.9. The van der Waals surface area contributed by atoms with Gasteiger partial charge in [0.1, 0.15) is 0 Å². The largest absolute Gasteiger partial charge is 0.388 e. The smallest absolute Gasteiger partial charge is 0.0967 e. The number of unbranched alkanes of at least 4 members (excludes halogenated alkanes) is 2. The topological polar surface area (TPSA) is 103 Å². The molecule has 0 aromatic rings. The predicted octanol–water partition coefficient (Wildman–Crippen LogP) is 5.71. The molecule has 2 fully saturated rings. The van der Waals surface area contributed by atoms with Gasteiger partial charge in [0.15, 0.2) is 0 Å². The van der Waals surface area contributed by atoms with E-state index in [0.29, 0.717) is 11.8 Å². The molecule has 238 valence electrons. The quantitative estimate of drug-likeness (QED) is 0.127. The van der Waals surface area contributed by atoms with Crippen molar-refractivity contribution in [3.8, 4) is 0 Å². The lowest BCUT2D eigenvalue weighted by Crippen LogP contribution is -2.71. The number of hydroxylamine groups is 4. The van der Waals surface area contributed by atoms with Gasteiger partial charge >= 0.3 is 0 Å². The summed E-state index contributed by atoms with van der Waals surface area (Å²) in [4.78, 5) is 12.7. The Morgan fingerprint density at radius 1 is 0.700 bits per heavy atom. The van der Waals surface area contributed by atoms with Crippen molar-refractivity contribution in [1.82, 2.24) is 15.6 Å². The highest BCUT2D eigenvalue weighted by Gasteiger charge is 2.58. The third-order valence-corrected chi connectivity index (χ3v) is 9.20. The minimum atomic E-state index is -0.899. The molecule has 0 spiro atoms. The van der Waals surface area contributed by atoms with Gasteiger partial charge < -0.3 is 10.2 Å². The number of hydrogen-bond donors (Lipinski definition) is 4. The van der Waals surface area contributed by atoms with Crippen LogP contribution in [0.25, 0.3) is 0 Å². The van der Waals surface area contributed by atoms with Gasteiger partial charge in [-0.05, 0) is 127 Å². The Hall–Kier alpha value is -0.320. The minimum absolute atomic E-state index is 0.244. The minimum Gasteiger partial charge on any atom is -0.388 e. The van der Waals surface area contributed by atoms with Crippen LogP contribution in [0.3, 0.4) is 0 Å². The van der Waals surface area contributed by atoms with Crippen LogP contribution in [0, 0.1) is 11.8 Å². The van der Waals surface area contributed by atoms with Gasteiger partial charge in [-0.2, -0.15) is 10.1 Å². The number of nitrogens with one attached hydrogen (secondary N) is 1. The van der Waals surface area contributed by atoms with Crippen molar-refractivity contribution >= 4 is 0 Å². The molecule has 0 bridgehead atoms. The van der Waals surface area contributed by atoms with Gasteiger partial charge in [0.05, 0.1) is 24.4 Å². The average molecular weight is 571 g/mol. The predicted molar refractivity (Wildman–Crippen MR) is 164 cm³/mol. The van der Waals surface area contributed by atoms with Gasteiger partial charge in [0, 0.05) is 27.7 Å². The van der Waals surface area contributed by atoms with Gasteiger partial charge in [0.2, 0.25) is 0 Å². The van der Waals surface area contributed by atoms with Crippen molar-refractivity contribution in [2.45, 2.75) is 180 Å². The summed E-state index contributed by atoms with van der Waals surface area (Å²) in [6.07, 6.45) is 8.27. The molecule has 0 aromatic heterocycles. The fourth-order valence-electron chi connectivity index (χ4n) is 8.12. The lowest BCUT2D eigenvalue weighted by molar-refractivity contribution is -0.315. The zero-order valence-electron chi connectivity index (χ0n) is 28.4. The molecule has 0 atom stereocenters. The van der Waals surface area contributed by atoms with Crippen LogP contribution in [0.15, 0.2) is 0 Å². The van der Waals surface area contributed by atoms with Gasteiger partial charge in [-0.3, -0.25) is 20.9 Å². The van der Waals surface area contributed by atoms with Crippen LogP contribution >= 0.6 is 0 Å². The molecule has 40 heavy (non-hydrogen) atoms. The third-order valence-electron chi connectivity index (χ3n) is 9.20. The Morgan fingerprint density at radius 3 is 1.27 bits per heavy atom. The third kappa shape index (κ3) is 8.62. The lowest BCUT2D eigenvalue weighted by Gasteiger charge is -2.62. The number of nitrogens with two attached hydrogens (primary N) is 1. The highest BCUT2D eigenvalue weighted by molar-refractivity contribution is 5.11. The maximum absolute atomic E-state index is 10.4. The van der Waals surface area contributed by atoms with Crippen molar-refractivity contribution in [3.63, 3.8) is 0 Å². The van der Waals surface area contributed by atoms with Crippen molar-refractivity contribution in [2.75, 3.05) is 13.2 Å². The van der Waals surface area contributed by atoms with E-state index in [1.54, 1.807) is 27.7 Å². The molecule has 0 saturated carbocycles. The highest BCUT2D eigenvalue weighted by Crippen LogP contribution is 2.54. The average Bonchev–Trinajstić information content (AvgIpc) is 2.71. The van der Waals surface area contributed by atoms with E-state index in [4.69, 9.17) is 15.5 Å². The number of hydrazine groups is 1. The molecule has 0 unspecified atom stereocenters. The van der Waals surface area contributed by atoms with Crippen LogP contribution in [-0.4, -0.2) is 72.4 Å². The summed E-state index contributed by atoms with van der Waals surface area (Å²) in [5.41, 5.74) is 0.488. The summed E-state index contributed by atoms with van der Waals surface area (Å²) >= 11 is 0. The van der Waals surface area contributed by atoms with E-state index >= 15 is 0 Å². The summed E-state index contributed by atoms with van der Waals surface area (Å²) in [6.45, 7) is 28.0. The summed E-state index contributed by atoms with van der Waals surface area (Å²) < 4.78 is 0. The second kappa shape index (κ2) is 12.4. The molecule has 2 heterocycles. The number of aliphatic hydroxyl groups is 2. The molecule has 2 rings (SSSR count). The van der Waals surface area contributed by atoms with Crippen LogP contribution in [0.1, 0.15) is 141 Å². The molecule has 0 radical (unpaired) electrons. The van der Waals surface area contributed by atoms with Gasteiger partial charge in [0.25, 0.3) is 0 Å². The maximum atomic E-state index is 10.4. The second-order valence-corrected chi connectivity index (χ2v) is 16.9. The molecular weight excluding hydrogens is 504 g/mol. The zero-order valence-corrected chi connectivity index (χ0v) is 28.4. The molecule has 0 aliphatic carbocycles. The normalized spacial score (nSPS) is 24.9. The molecular formula is C32H66N4O4. The molecule has 8 heteroatoms. The summed E-state index contributed by atoms with van der Waals surface area (Å²) in [5, 5.41) is 25.1. The standard InChI is InChI=1S/C32H66N4O4/c1-14-15-16-17-32(34-33,24-18-26(2,3)35(27(4,5)19-24)39-22-30(10,11)37)25-20-28(6,7)36(29(8,9)21-25)40-23-31(12,13)38/h24-25,34,37-38H,14-23,33H2,1-13H3. The number of nitrogens with zero attached hydrogens (tertiary/aromatic N) is 2. The monoisotopic (exact) mass is 571 g/mol. The first-order valence-electron chi connectivity index (χ1n) is 15.7. The number of hydrogen-bond acceptors (Lipinski definition) is 8. The molecule has 2 saturated heterocycles. The van der Waals surface area contributed by atoms with E-state index in [9.17, 15) is 10.2 Å². The van der Waals surface area contributed by atoms with Crippen LogP contribution < -0.4 is 11.3 Å². The molecule has 2 aliphatic heterocycles. The van der Waals surface area contributed by atoms with Crippen LogP contribution in [0.2, 0.25) is 0 Å². The molecule has 8 nitrogen and oxygen atoms in total. The number of rotatable bonds is 13. The van der Waals surface area contributed by atoms with Crippen molar-refractivity contribution in [1.29, 1.82) is 0 Å². The Bertz CT molecular complexity index is 719. The first kappa shape index (κ1) is 35.9. The zero-order chi connectivity index (χ0) is 31.0. The van der Waals surface area contributed by atoms with Gasteiger partial charge in [-0.15, -0.1) is 0 Å². The highest BCUT2D eigenvalue weighted by atomic mass is 16.7. The summed E-state index contributed by atoms with van der Waals surface area (Å²) in [6, 6.07) is 0. The maximum Gasteiger partial charge on any atom is 0.0967 e. The first-order chi connectivity index (χ1) is 17.9. The Labute approximate surface area is 246 Å². The van der Waals surface area contributed by atoms with E-state index in [0.717, 1.165) is 38.5 Å². The van der Waals surface area contributed by atoms with E-state index in [-0.39, 0.29) is 40.9 Å². The van der Waals surface area contributed by atoms with E-state index in [1.165, 1.54) is 12.8 Å². The van der Waals surface area contributed by atoms with Crippen LogP contribution in [0.5, 0.6) is 0 Å². The van der Waals surface area contributed by atoms with E-state index in [1.807, 2.05) is 0 Å². The van der Waals surface area contributed by atoms with Crippen molar-refractivity contribution in [2.24, 2.45) is 17.7 Å². The van der Waals surface area contributed by atoms with Gasteiger partial charge in [-0.25, -0.2) is 0 Å². The van der Waals surface area contributed by atoms with Crippen LogP contribution in [0.4, 0.5) is 0 Å². The summed E-state index contributed by atoms with van der Waals surface area (Å²) in [7, 11) is 0. The summed E-state index contributed by atoms with van der Waals surface area (Å²) in [5.74, 6) is 7.37. The fourth-order valence-corrected chi connectivity index (χ4v) is 8.12. The Balaban J connectivity index is 2.48. The molecule has 2 aliphatic rings. The Kier molecular flexibility index (Phi) is 11.1. The SMILES string of the molecule is CCCCCC(NN)(C1CC(C)(C)N(OCC(C)(C)O)C(C)(C)C1)C1CC(C)(C)N(OCC(C)(C)O)C(C)(C)C1. The fraction of sp³-hybridized carbons (Fsp3) is 1.00. The lowest BCUT2D eigenvalue weighted by atomic mass is 9.57. The van der Waals surface area contributed by atoms with Gasteiger partial charge in [-0.1, -0.05) is 26.2 Å². The Morgan fingerprint density at radius 2 is 1.02 bits per heavy atom. The first-order valence-corrected chi connectivity index (χ1v) is 15.7. The van der Waals surface area contributed by atoms with Crippen LogP contribution in [-0.2, 0) is 9.68 Å². The van der Waals surface area contributed by atoms with E-state index in [2.05, 4.69) is 77.9 Å². The van der Waals surface area contributed by atoms with Crippen molar-refractivity contribution in [3.05, 3.63) is 0 Å². The molecule has 0 amide bonds. The molecule has 0 aromatic carbocycles.